The first-order chi connectivity index (χ1) is 16.7. The molecule has 5 nitrogen and oxygen atoms in total. The summed E-state index contributed by atoms with van der Waals surface area (Å²) in [6.45, 7) is 2.07. The van der Waals surface area contributed by atoms with Crippen molar-refractivity contribution >= 4 is 35.1 Å². The molecule has 7 heteroatoms. The van der Waals surface area contributed by atoms with E-state index in [4.69, 9.17) is 27.9 Å². The van der Waals surface area contributed by atoms with Gasteiger partial charge in [0.05, 0.1) is 6.42 Å². The molecule has 0 aromatic heterocycles. The van der Waals surface area contributed by atoms with Crippen LogP contribution < -0.4 is 4.74 Å². The minimum Gasteiger partial charge on any atom is -0.487 e. The van der Waals surface area contributed by atoms with Gasteiger partial charge in [-0.1, -0.05) is 59.6 Å². The number of hydrogen-bond acceptors (Lipinski definition) is 3. The summed E-state index contributed by atoms with van der Waals surface area (Å²) in [4.78, 5) is 25.8. The van der Waals surface area contributed by atoms with Crippen LogP contribution in [0.3, 0.4) is 0 Å². The Morgan fingerprint density at radius 2 is 1.54 bits per heavy atom. The molecule has 0 spiro atoms. The van der Waals surface area contributed by atoms with Gasteiger partial charge in [0.25, 0.3) is 0 Å². The van der Waals surface area contributed by atoms with E-state index < -0.39 is 5.97 Å². The minimum absolute atomic E-state index is 0.134. The lowest BCUT2D eigenvalue weighted by Gasteiger charge is -2.24. The molecular formula is C28H27Cl2NO4. The summed E-state index contributed by atoms with van der Waals surface area (Å²) in [5, 5.41) is 10.7. The number of halogens is 2. The minimum atomic E-state index is -1.03. The lowest BCUT2D eigenvalue weighted by atomic mass is 9.91. The number of carboxylic acid groups (broad SMARTS) is 1. The van der Waals surface area contributed by atoms with Gasteiger partial charge in [-0.25, -0.2) is 0 Å². The van der Waals surface area contributed by atoms with Crippen LogP contribution in [0.25, 0.3) is 0 Å². The van der Waals surface area contributed by atoms with Crippen molar-refractivity contribution in [2.75, 3.05) is 13.1 Å². The Kier molecular flexibility index (Phi) is 7.68. The average molecular weight is 512 g/mol. The summed E-state index contributed by atoms with van der Waals surface area (Å²) in [6, 6.07) is 20.9. The zero-order valence-corrected chi connectivity index (χ0v) is 21.0. The Bertz CT molecular complexity index is 1210. The Morgan fingerprint density at radius 3 is 2.17 bits per heavy atom. The van der Waals surface area contributed by atoms with E-state index in [9.17, 15) is 14.7 Å². The van der Waals surface area contributed by atoms with Crippen LogP contribution in [0.1, 0.15) is 29.2 Å². The smallest absolute Gasteiger partial charge is 0.323 e. The Balaban J connectivity index is 1.40. The van der Waals surface area contributed by atoms with Gasteiger partial charge in [-0.05, 0) is 65.9 Å². The zero-order chi connectivity index (χ0) is 25.0. The molecule has 1 unspecified atom stereocenters. The van der Waals surface area contributed by atoms with Gasteiger partial charge >= 0.3 is 5.97 Å². The Morgan fingerprint density at radius 1 is 0.943 bits per heavy atom. The maximum Gasteiger partial charge on any atom is 0.323 e. The molecule has 0 bridgehead atoms. The molecule has 0 aliphatic carbocycles. The highest BCUT2D eigenvalue weighted by Crippen LogP contribution is 2.37. The fraction of sp³-hybridized carbons (Fsp3) is 0.286. The molecule has 4 rings (SSSR count). The summed E-state index contributed by atoms with van der Waals surface area (Å²) < 4.78 is 6.27. The normalized spacial score (nSPS) is 16.4. The molecule has 0 fully saturated rings. The van der Waals surface area contributed by atoms with Crippen molar-refractivity contribution in [1.29, 1.82) is 0 Å². The second-order valence-electron chi connectivity index (χ2n) is 9.24. The van der Waals surface area contributed by atoms with Crippen molar-refractivity contribution in [3.8, 4) is 5.75 Å². The highest BCUT2D eigenvalue weighted by Gasteiger charge is 2.35. The zero-order valence-electron chi connectivity index (χ0n) is 19.5. The van der Waals surface area contributed by atoms with Crippen molar-refractivity contribution in [2.24, 2.45) is 0 Å². The van der Waals surface area contributed by atoms with E-state index in [1.54, 1.807) is 12.1 Å². The number of ether oxygens (including phenoxy) is 1. The predicted octanol–water partition coefficient (Wildman–Crippen LogP) is 5.63. The van der Waals surface area contributed by atoms with Crippen molar-refractivity contribution in [2.45, 2.75) is 38.2 Å². The third-order valence-electron chi connectivity index (χ3n) is 6.15. The van der Waals surface area contributed by atoms with E-state index in [0.29, 0.717) is 23.0 Å². The van der Waals surface area contributed by atoms with Gasteiger partial charge in [-0.15, -0.1) is 0 Å². The monoisotopic (exact) mass is 511 g/mol. The number of benzene rings is 3. The molecule has 3 aromatic rings. The summed E-state index contributed by atoms with van der Waals surface area (Å²) in [7, 11) is 0. The summed E-state index contributed by atoms with van der Waals surface area (Å²) >= 11 is 11.9. The first-order valence-electron chi connectivity index (χ1n) is 11.5. The number of carbonyl (C=O) groups excluding carboxylic acids is 1. The van der Waals surface area contributed by atoms with E-state index in [0.717, 1.165) is 40.8 Å². The van der Waals surface area contributed by atoms with Crippen LogP contribution in [0.2, 0.25) is 10.0 Å². The molecule has 1 amide bonds. The molecule has 0 radical (unpaired) electrons. The van der Waals surface area contributed by atoms with Crippen LogP contribution in [-0.4, -0.2) is 40.6 Å². The van der Waals surface area contributed by atoms with E-state index >= 15 is 0 Å². The maximum absolute atomic E-state index is 13.0. The number of aliphatic carboxylic acids is 1. The van der Waals surface area contributed by atoms with Gasteiger partial charge < -0.3 is 14.7 Å². The number of rotatable bonds is 9. The first-order valence-corrected chi connectivity index (χ1v) is 12.2. The molecule has 0 saturated carbocycles. The van der Waals surface area contributed by atoms with Gasteiger partial charge in [-0.2, -0.15) is 0 Å². The standard InChI is InChI=1S/C28H27Cl2NO4/c1-28(16-20-4-9-24(30)10-5-20)17-22-14-21(6-11-25(22)35-28)15-26(32)31(18-27(33)34)13-12-19-2-7-23(29)8-3-19/h2-11,14H,12-13,15-18H2,1H3,(H,33,34). The fourth-order valence-corrected chi connectivity index (χ4v) is 4.73. The number of amides is 1. The molecule has 0 saturated heterocycles. The molecule has 3 aromatic carbocycles. The van der Waals surface area contributed by atoms with Crippen molar-refractivity contribution < 1.29 is 19.4 Å². The van der Waals surface area contributed by atoms with Crippen LogP contribution in [-0.2, 0) is 35.3 Å². The van der Waals surface area contributed by atoms with Crippen LogP contribution in [0, 0.1) is 0 Å². The summed E-state index contributed by atoms with van der Waals surface area (Å²) in [5.74, 6) is -0.429. The SMILES string of the molecule is CC1(Cc2ccc(Cl)cc2)Cc2cc(CC(=O)N(CCc3ccc(Cl)cc3)CC(=O)O)ccc2O1. The van der Waals surface area contributed by atoms with Crippen molar-refractivity contribution in [3.05, 3.63) is 99.0 Å². The lowest BCUT2D eigenvalue weighted by Crippen LogP contribution is -2.38. The topological polar surface area (TPSA) is 66.8 Å². The maximum atomic E-state index is 13.0. The van der Waals surface area contributed by atoms with E-state index in [1.807, 2.05) is 54.6 Å². The number of hydrogen-bond donors (Lipinski definition) is 1. The quantitative estimate of drug-likeness (QED) is 0.404. The van der Waals surface area contributed by atoms with Gasteiger partial charge in [0.2, 0.25) is 5.91 Å². The van der Waals surface area contributed by atoms with Crippen molar-refractivity contribution in [1.82, 2.24) is 4.90 Å². The number of nitrogens with zero attached hydrogens (tertiary/aromatic N) is 1. The predicted molar refractivity (Wildman–Crippen MR) is 137 cm³/mol. The molecule has 182 valence electrons. The lowest BCUT2D eigenvalue weighted by molar-refractivity contribution is -0.144. The van der Waals surface area contributed by atoms with Crippen LogP contribution in [0.5, 0.6) is 5.75 Å². The summed E-state index contributed by atoms with van der Waals surface area (Å²) in [5.41, 5.74) is 3.65. The highest BCUT2D eigenvalue weighted by molar-refractivity contribution is 6.30. The van der Waals surface area contributed by atoms with E-state index in [-0.39, 0.29) is 24.5 Å². The number of fused-ring (bicyclic) bond motifs is 1. The highest BCUT2D eigenvalue weighted by atomic mass is 35.5. The largest absolute Gasteiger partial charge is 0.487 e. The molecular weight excluding hydrogens is 485 g/mol. The van der Waals surface area contributed by atoms with Gasteiger partial charge in [-0.3, -0.25) is 9.59 Å². The van der Waals surface area contributed by atoms with Crippen LogP contribution in [0.4, 0.5) is 0 Å². The van der Waals surface area contributed by atoms with Crippen LogP contribution >= 0.6 is 23.2 Å². The average Bonchev–Trinajstić information content (AvgIpc) is 3.14. The van der Waals surface area contributed by atoms with Crippen LogP contribution in [0.15, 0.2) is 66.7 Å². The summed E-state index contributed by atoms with van der Waals surface area (Å²) in [6.07, 6.45) is 2.15. The third-order valence-corrected chi connectivity index (χ3v) is 6.66. The number of carboxylic acids is 1. The Labute approximate surface area is 215 Å². The number of carbonyl (C=O) groups is 2. The van der Waals surface area contributed by atoms with Gasteiger partial charge in [0.15, 0.2) is 0 Å². The van der Waals surface area contributed by atoms with E-state index in [1.165, 1.54) is 4.90 Å². The second-order valence-corrected chi connectivity index (χ2v) is 10.1. The molecule has 1 heterocycles. The molecule has 1 aliphatic heterocycles. The Hall–Kier alpha value is -3.02. The molecule has 1 N–H and O–H groups in total. The van der Waals surface area contributed by atoms with E-state index in [2.05, 4.69) is 6.92 Å². The first kappa shape index (κ1) is 25.1. The molecule has 1 aliphatic rings. The van der Waals surface area contributed by atoms with Crippen molar-refractivity contribution in [3.63, 3.8) is 0 Å². The second kappa shape index (κ2) is 10.7. The molecule has 35 heavy (non-hydrogen) atoms. The molecule has 1 atom stereocenters. The van der Waals surface area contributed by atoms with Gasteiger partial charge in [0, 0.05) is 29.4 Å². The fourth-order valence-electron chi connectivity index (χ4n) is 4.47. The van der Waals surface area contributed by atoms with Gasteiger partial charge in [0.1, 0.15) is 17.9 Å². The third kappa shape index (κ3) is 6.77.